The standard InChI is InChI=1S/C16H14ClIN6O2/c1-9-20-6-11(15(19)21-9)7-24-14(18)13(22-23-24)8-26-16(25)10-2-4-12(17)5-3-10/h2-6H,7-8H2,1H3,(H2,19,20,21). The minimum Gasteiger partial charge on any atom is -0.455 e. The number of ether oxygens (including phenoxy) is 1. The summed E-state index contributed by atoms with van der Waals surface area (Å²) in [5, 5.41) is 8.69. The molecular formula is C16H14ClIN6O2. The molecule has 3 aromatic rings. The Morgan fingerprint density at radius 2 is 2.08 bits per heavy atom. The summed E-state index contributed by atoms with van der Waals surface area (Å²) in [7, 11) is 0. The Morgan fingerprint density at radius 1 is 1.35 bits per heavy atom. The first-order chi connectivity index (χ1) is 12.4. The van der Waals surface area contributed by atoms with Gasteiger partial charge in [0.15, 0.2) is 0 Å². The van der Waals surface area contributed by atoms with Crippen molar-refractivity contribution >= 4 is 46.0 Å². The normalized spacial score (nSPS) is 10.7. The van der Waals surface area contributed by atoms with Gasteiger partial charge in [-0.05, 0) is 53.8 Å². The SMILES string of the molecule is Cc1ncc(Cn2nnc(COC(=O)c3ccc(Cl)cc3)c2I)c(N)n1. The molecule has 0 saturated carbocycles. The van der Waals surface area contributed by atoms with Crippen LogP contribution < -0.4 is 5.73 Å². The molecule has 0 saturated heterocycles. The smallest absolute Gasteiger partial charge is 0.338 e. The molecule has 3 rings (SSSR count). The van der Waals surface area contributed by atoms with Gasteiger partial charge in [0.2, 0.25) is 0 Å². The van der Waals surface area contributed by atoms with Gasteiger partial charge in [-0.2, -0.15) is 0 Å². The molecule has 10 heteroatoms. The summed E-state index contributed by atoms with van der Waals surface area (Å²) in [5.74, 6) is 0.553. The van der Waals surface area contributed by atoms with Crippen molar-refractivity contribution in [3.63, 3.8) is 0 Å². The van der Waals surface area contributed by atoms with Crippen LogP contribution in [0.4, 0.5) is 5.82 Å². The molecule has 0 radical (unpaired) electrons. The summed E-state index contributed by atoms with van der Waals surface area (Å²) in [6, 6.07) is 6.47. The number of anilines is 1. The topological polar surface area (TPSA) is 109 Å². The highest BCUT2D eigenvalue weighted by molar-refractivity contribution is 14.1. The maximum absolute atomic E-state index is 12.1. The Kier molecular flexibility index (Phi) is 5.67. The first kappa shape index (κ1) is 18.5. The summed E-state index contributed by atoms with van der Waals surface area (Å²) in [6.45, 7) is 2.16. The van der Waals surface area contributed by atoms with Gasteiger partial charge in [0.05, 0.1) is 12.1 Å². The zero-order valence-corrected chi connectivity index (χ0v) is 16.6. The monoisotopic (exact) mass is 484 g/mol. The van der Waals surface area contributed by atoms with Gasteiger partial charge in [-0.15, -0.1) is 5.10 Å². The Hall–Kier alpha value is -2.27. The minimum atomic E-state index is -0.455. The highest BCUT2D eigenvalue weighted by Gasteiger charge is 2.15. The first-order valence-electron chi connectivity index (χ1n) is 7.52. The molecular weight excluding hydrogens is 471 g/mol. The molecule has 1 aromatic carbocycles. The van der Waals surface area contributed by atoms with Gasteiger partial charge in [0.25, 0.3) is 0 Å². The van der Waals surface area contributed by atoms with Crippen LogP contribution in [-0.4, -0.2) is 30.9 Å². The third-order valence-electron chi connectivity index (χ3n) is 3.50. The molecule has 0 amide bonds. The molecule has 0 aliphatic heterocycles. The number of esters is 1. The average Bonchev–Trinajstić information content (AvgIpc) is 2.96. The van der Waals surface area contributed by atoms with Crippen molar-refractivity contribution in [2.24, 2.45) is 0 Å². The van der Waals surface area contributed by atoms with E-state index in [0.717, 1.165) is 9.26 Å². The summed E-state index contributed by atoms with van der Waals surface area (Å²) >= 11 is 7.90. The van der Waals surface area contributed by atoms with Crippen LogP contribution in [0, 0.1) is 10.6 Å². The molecule has 134 valence electrons. The second-order valence-electron chi connectivity index (χ2n) is 5.40. The van der Waals surface area contributed by atoms with Crippen molar-refractivity contribution in [2.75, 3.05) is 5.73 Å². The van der Waals surface area contributed by atoms with E-state index in [1.165, 1.54) is 0 Å². The largest absolute Gasteiger partial charge is 0.455 e. The Labute approximate surface area is 167 Å². The lowest BCUT2D eigenvalue weighted by atomic mass is 10.2. The van der Waals surface area contributed by atoms with E-state index < -0.39 is 5.97 Å². The molecule has 2 aromatic heterocycles. The van der Waals surface area contributed by atoms with Crippen LogP contribution in [0.15, 0.2) is 30.5 Å². The Bertz CT molecular complexity index is 944. The van der Waals surface area contributed by atoms with Gasteiger partial charge in [-0.1, -0.05) is 16.8 Å². The predicted molar refractivity (Wildman–Crippen MR) is 104 cm³/mol. The second-order valence-corrected chi connectivity index (χ2v) is 6.85. The highest BCUT2D eigenvalue weighted by atomic mass is 127. The third-order valence-corrected chi connectivity index (χ3v) is 4.93. The number of aryl methyl sites for hydroxylation is 1. The van der Waals surface area contributed by atoms with Crippen LogP contribution in [0.5, 0.6) is 0 Å². The molecule has 0 aliphatic rings. The van der Waals surface area contributed by atoms with Crippen molar-refractivity contribution in [3.05, 3.63) is 61.8 Å². The lowest BCUT2D eigenvalue weighted by Gasteiger charge is -2.06. The fourth-order valence-electron chi connectivity index (χ4n) is 2.13. The molecule has 0 aliphatic carbocycles. The molecule has 0 unspecified atom stereocenters. The van der Waals surface area contributed by atoms with Crippen LogP contribution >= 0.6 is 34.2 Å². The van der Waals surface area contributed by atoms with E-state index in [9.17, 15) is 4.79 Å². The van der Waals surface area contributed by atoms with Crippen molar-refractivity contribution < 1.29 is 9.53 Å². The van der Waals surface area contributed by atoms with Gasteiger partial charge in [0.1, 0.15) is 27.6 Å². The fraction of sp³-hybridized carbons (Fsp3) is 0.188. The fourth-order valence-corrected chi connectivity index (χ4v) is 2.78. The lowest BCUT2D eigenvalue weighted by Crippen LogP contribution is -2.10. The van der Waals surface area contributed by atoms with Crippen molar-refractivity contribution in [3.8, 4) is 0 Å². The zero-order chi connectivity index (χ0) is 18.7. The van der Waals surface area contributed by atoms with E-state index in [-0.39, 0.29) is 6.61 Å². The molecule has 0 fully saturated rings. The lowest BCUT2D eigenvalue weighted by molar-refractivity contribution is 0.0466. The summed E-state index contributed by atoms with van der Waals surface area (Å²) in [6.07, 6.45) is 1.66. The quantitative estimate of drug-likeness (QED) is 0.438. The van der Waals surface area contributed by atoms with Crippen LogP contribution in [0.1, 0.15) is 27.4 Å². The number of halogens is 2. The molecule has 2 N–H and O–H groups in total. The zero-order valence-electron chi connectivity index (χ0n) is 13.7. The Balaban J connectivity index is 1.67. The van der Waals surface area contributed by atoms with E-state index in [2.05, 4.69) is 42.9 Å². The molecule has 0 atom stereocenters. The van der Waals surface area contributed by atoms with Crippen molar-refractivity contribution in [1.29, 1.82) is 0 Å². The second kappa shape index (κ2) is 7.96. The van der Waals surface area contributed by atoms with E-state index >= 15 is 0 Å². The Morgan fingerprint density at radius 3 is 2.77 bits per heavy atom. The van der Waals surface area contributed by atoms with Gasteiger partial charge >= 0.3 is 5.97 Å². The number of carbonyl (C=O) groups excluding carboxylic acids is 1. The van der Waals surface area contributed by atoms with E-state index in [1.54, 1.807) is 42.1 Å². The van der Waals surface area contributed by atoms with Crippen molar-refractivity contribution in [2.45, 2.75) is 20.1 Å². The van der Waals surface area contributed by atoms with Crippen LogP contribution in [0.2, 0.25) is 5.02 Å². The molecule has 2 heterocycles. The number of carbonyl (C=O) groups is 1. The van der Waals surface area contributed by atoms with Gasteiger partial charge < -0.3 is 10.5 Å². The molecule has 0 spiro atoms. The minimum absolute atomic E-state index is 0.0135. The summed E-state index contributed by atoms with van der Waals surface area (Å²) < 4.78 is 7.68. The first-order valence-corrected chi connectivity index (χ1v) is 8.98. The highest BCUT2D eigenvalue weighted by Crippen LogP contribution is 2.16. The van der Waals surface area contributed by atoms with E-state index in [4.69, 9.17) is 22.1 Å². The van der Waals surface area contributed by atoms with Crippen LogP contribution in [0.3, 0.4) is 0 Å². The number of hydrogen-bond acceptors (Lipinski definition) is 7. The molecule has 8 nitrogen and oxygen atoms in total. The predicted octanol–water partition coefficient (Wildman–Crippen LogP) is 2.62. The number of nitrogens with two attached hydrogens (primary N) is 1. The number of hydrogen-bond donors (Lipinski definition) is 1. The summed E-state index contributed by atoms with van der Waals surface area (Å²) in [5.41, 5.74) is 7.62. The van der Waals surface area contributed by atoms with E-state index in [1.807, 2.05) is 0 Å². The van der Waals surface area contributed by atoms with E-state index in [0.29, 0.717) is 34.5 Å². The van der Waals surface area contributed by atoms with Gasteiger partial charge in [-0.25, -0.2) is 19.4 Å². The third kappa shape index (κ3) is 4.28. The molecule has 26 heavy (non-hydrogen) atoms. The van der Waals surface area contributed by atoms with Crippen LogP contribution in [0.25, 0.3) is 0 Å². The number of nitrogens with zero attached hydrogens (tertiary/aromatic N) is 5. The average molecular weight is 485 g/mol. The number of benzene rings is 1. The number of aromatic nitrogens is 5. The maximum atomic E-state index is 12.1. The number of rotatable bonds is 5. The van der Waals surface area contributed by atoms with Gasteiger partial charge in [-0.3, -0.25) is 0 Å². The van der Waals surface area contributed by atoms with Gasteiger partial charge in [0, 0.05) is 16.8 Å². The van der Waals surface area contributed by atoms with Crippen molar-refractivity contribution in [1.82, 2.24) is 25.0 Å². The molecule has 0 bridgehead atoms. The number of nitrogen functional groups attached to an aromatic ring is 1. The van der Waals surface area contributed by atoms with Crippen LogP contribution in [-0.2, 0) is 17.9 Å². The summed E-state index contributed by atoms with van der Waals surface area (Å²) in [4.78, 5) is 20.3. The maximum Gasteiger partial charge on any atom is 0.338 e.